The van der Waals surface area contributed by atoms with Crippen LogP contribution in [0.25, 0.3) is 22.1 Å². The van der Waals surface area contributed by atoms with Crippen molar-refractivity contribution in [3.8, 4) is 11.1 Å². The van der Waals surface area contributed by atoms with Crippen LogP contribution in [0.15, 0.2) is 75.9 Å². The van der Waals surface area contributed by atoms with Crippen LogP contribution in [-0.2, 0) is 0 Å². The van der Waals surface area contributed by atoms with Gasteiger partial charge in [-0.15, -0.1) is 0 Å². The molecule has 0 saturated carbocycles. The number of nitrogens with one attached hydrogen (secondary N) is 2. The van der Waals surface area contributed by atoms with Crippen LogP contribution in [-0.4, -0.2) is 6.03 Å². The quantitative estimate of drug-likeness (QED) is 0.429. The topological polar surface area (TPSA) is 71.3 Å². The summed E-state index contributed by atoms with van der Waals surface area (Å²) in [6.45, 7) is 1.89. The van der Waals surface area contributed by atoms with E-state index in [1.54, 1.807) is 24.3 Å². The largest absolute Gasteiger partial charge is 0.421 e. The van der Waals surface area contributed by atoms with Crippen molar-refractivity contribution < 1.29 is 18.0 Å². The number of anilines is 2. The van der Waals surface area contributed by atoms with Gasteiger partial charge in [-0.25, -0.2) is 18.4 Å². The molecule has 4 rings (SSSR count). The minimum absolute atomic E-state index is 0.0805. The molecule has 1 aromatic heterocycles. The van der Waals surface area contributed by atoms with Gasteiger partial charge in [0.25, 0.3) is 0 Å². The van der Waals surface area contributed by atoms with E-state index in [9.17, 15) is 18.4 Å². The predicted octanol–water partition coefficient (Wildman–Crippen LogP) is 5.69. The first-order valence-corrected chi connectivity index (χ1v) is 9.09. The van der Waals surface area contributed by atoms with Gasteiger partial charge in [-0.3, -0.25) is 0 Å². The van der Waals surface area contributed by atoms with E-state index in [4.69, 9.17) is 4.42 Å². The molecule has 0 saturated heterocycles. The first-order valence-electron chi connectivity index (χ1n) is 9.09. The van der Waals surface area contributed by atoms with Crippen molar-refractivity contribution in [2.24, 2.45) is 0 Å². The third kappa shape index (κ3) is 3.65. The number of hydrogen-bond acceptors (Lipinski definition) is 3. The number of hydrogen-bond donors (Lipinski definition) is 2. The molecule has 7 heteroatoms. The fourth-order valence-electron chi connectivity index (χ4n) is 3.25. The van der Waals surface area contributed by atoms with Crippen LogP contribution in [0.5, 0.6) is 0 Å². The van der Waals surface area contributed by atoms with Gasteiger partial charge in [-0.1, -0.05) is 42.5 Å². The number of para-hydroxylation sites is 1. The number of fused-ring (bicyclic) bond motifs is 1. The van der Waals surface area contributed by atoms with Gasteiger partial charge < -0.3 is 15.1 Å². The summed E-state index contributed by atoms with van der Waals surface area (Å²) in [4.78, 5) is 25.2. The second kappa shape index (κ2) is 7.79. The summed E-state index contributed by atoms with van der Waals surface area (Å²) >= 11 is 0. The van der Waals surface area contributed by atoms with Crippen molar-refractivity contribution in [2.75, 3.05) is 10.6 Å². The lowest BCUT2D eigenvalue weighted by Gasteiger charge is -2.15. The van der Waals surface area contributed by atoms with Crippen molar-refractivity contribution >= 4 is 28.4 Å². The van der Waals surface area contributed by atoms with E-state index in [1.807, 2.05) is 31.2 Å². The SMILES string of the molecule is Cc1ccccc1-c1c(NC(=O)Nc2ccc(F)cc2F)c(=O)oc2ccccc12. The van der Waals surface area contributed by atoms with Gasteiger partial charge in [0, 0.05) is 17.0 Å². The molecular weight excluding hydrogens is 390 g/mol. The van der Waals surface area contributed by atoms with E-state index in [0.29, 0.717) is 22.6 Å². The van der Waals surface area contributed by atoms with Crippen molar-refractivity contribution in [3.63, 3.8) is 0 Å². The lowest BCUT2D eigenvalue weighted by Crippen LogP contribution is -2.24. The lowest BCUT2D eigenvalue weighted by atomic mass is 9.96. The minimum Gasteiger partial charge on any atom is -0.421 e. The molecule has 0 aliphatic rings. The molecule has 5 nitrogen and oxygen atoms in total. The van der Waals surface area contributed by atoms with Gasteiger partial charge in [-0.2, -0.15) is 0 Å². The average molecular weight is 406 g/mol. The fraction of sp³-hybridized carbons (Fsp3) is 0.0435. The molecule has 0 atom stereocenters. The van der Waals surface area contributed by atoms with Crippen molar-refractivity contribution in [3.05, 3.63) is 94.3 Å². The van der Waals surface area contributed by atoms with Gasteiger partial charge >= 0.3 is 11.7 Å². The van der Waals surface area contributed by atoms with E-state index < -0.39 is 23.3 Å². The molecule has 0 radical (unpaired) electrons. The molecule has 4 aromatic rings. The number of benzene rings is 3. The summed E-state index contributed by atoms with van der Waals surface area (Å²) in [7, 11) is 0. The zero-order valence-electron chi connectivity index (χ0n) is 15.8. The summed E-state index contributed by atoms with van der Waals surface area (Å²) < 4.78 is 32.3. The molecule has 0 aliphatic heterocycles. The van der Waals surface area contributed by atoms with E-state index in [2.05, 4.69) is 10.6 Å². The first kappa shape index (κ1) is 19.3. The summed E-state index contributed by atoms with van der Waals surface area (Å²) in [6, 6.07) is 16.3. The zero-order chi connectivity index (χ0) is 21.3. The molecule has 150 valence electrons. The van der Waals surface area contributed by atoms with Crippen LogP contribution in [0.2, 0.25) is 0 Å². The highest BCUT2D eigenvalue weighted by molar-refractivity contribution is 6.07. The van der Waals surface area contributed by atoms with Crippen LogP contribution in [0, 0.1) is 18.6 Å². The van der Waals surface area contributed by atoms with E-state index >= 15 is 0 Å². The number of urea groups is 1. The number of amides is 2. The van der Waals surface area contributed by atoms with Crippen LogP contribution >= 0.6 is 0 Å². The Morgan fingerprint density at radius 3 is 2.43 bits per heavy atom. The van der Waals surface area contributed by atoms with E-state index in [0.717, 1.165) is 23.3 Å². The maximum atomic E-state index is 13.9. The third-order valence-corrected chi connectivity index (χ3v) is 4.65. The van der Waals surface area contributed by atoms with E-state index in [-0.39, 0.29) is 11.4 Å². The molecule has 3 aromatic carbocycles. The van der Waals surface area contributed by atoms with E-state index in [1.165, 1.54) is 0 Å². The van der Waals surface area contributed by atoms with Gasteiger partial charge in [0.2, 0.25) is 0 Å². The smallest absolute Gasteiger partial charge is 0.360 e. The predicted molar refractivity (Wildman–Crippen MR) is 112 cm³/mol. The summed E-state index contributed by atoms with van der Waals surface area (Å²) in [5.74, 6) is -1.70. The Bertz CT molecular complexity index is 1330. The van der Waals surface area contributed by atoms with Gasteiger partial charge in [0.15, 0.2) is 0 Å². The van der Waals surface area contributed by atoms with Gasteiger partial charge in [0.1, 0.15) is 22.9 Å². The minimum atomic E-state index is -0.935. The molecule has 0 unspecified atom stereocenters. The monoisotopic (exact) mass is 406 g/mol. The maximum Gasteiger partial charge on any atom is 0.360 e. The molecule has 0 spiro atoms. The Morgan fingerprint density at radius 1 is 0.933 bits per heavy atom. The Hall–Kier alpha value is -4.00. The molecule has 0 aliphatic carbocycles. The number of rotatable bonds is 3. The van der Waals surface area contributed by atoms with Crippen LogP contribution in [0.3, 0.4) is 0 Å². The Morgan fingerprint density at radius 2 is 1.67 bits per heavy atom. The standard InChI is InChI=1S/C23H16F2N2O3/c1-13-6-2-3-7-15(13)20-16-8-4-5-9-19(16)30-22(28)21(20)27-23(29)26-18-11-10-14(24)12-17(18)25/h2-12H,1H3,(H2,26,27,29). The second-order valence-electron chi connectivity index (χ2n) is 6.65. The first-order chi connectivity index (χ1) is 14.4. The Labute approximate surface area is 170 Å². The molecule has 1 heterocycles. The number of aryl methyl sites for hydroxylation is 1. The molecular formula is C23H16F2N2O3. The Balaban J connectivity index is 1.81. The normalized spacial score (nSPS) is 10.8. The molecule has 2 amide bonds. The number of halogens is 2. The molecule has 0 bridgehead atoms. The highest BCUT2D eigenvalue weighted by atomic mass is 19.1. The fourth-order valence-corrected chi connectivity index (χ4v) is 3.25. The average Bonchev–Trinajstić information content (AvgIpc) is 2.71. The van der Waals surface area contributed by atoms with Crippen LogP contribution in [0.4, 0.5) is 25.0 Å². The summed E-state index contributed by atoms with van der Waals surface area (Å²) in [6.07, 6.45) is 0. The van der Waals surface area contributed by atoms with Crippen molar-refractivity contribution in [2.45, 2.75) is 6.92 Å². The molecule has 0 fully saturated rings. The lowest BCUT2D eigenvalue weighted by molar-refractivity contribution is 0.262. The third-order valence-electron chi connectivity index (χ3n) is 4.65. The Kier molecular flexibility index (Phi) is 5.02. The summed E-state index contributed by atoms with van der Waals surface area (Å²) in [5.41, 5.74) is 1.44. The van der Waals surface area contributed by atoms with Crippen LogP contribution < -0.4 is 16.3 Å². The van der Waals surface area contributed by atoms with Gasteiger partial charge in [0.05, 0.1) is 5.69 Å². The van der Waals surface area contributed by atoms with Crippen molar-refractivity contribution in [1.82, 2.24) is 0 Å². The highest BCUT2D eigenvalue weighted by Crippen LogP contribution is 2.35. The number of carbonyl (C=O) groups excluding carboxylic acids is 1. The highest BCUT2D eigenvalue weighted by Gasteiger charge is 2.20. The molecule has 2 N–H and O–H groups in total. The number of carbonyl (C=O) groups is 1. The van der Waals surface area contributed by atoms with Crippen LogP contribution in [0.1, 0.15) is 5.56 Å². The summed E-state index contributed by atoms with van der Waals surface area (Å²) in [5, 5.41) is 5.39. The maximum absolute atomic E-state index is 13.9. The zero-order valence-corrected chi connectivity index (χ0v) is 15.8. The molecule has 30 heavy (non-hydrogen) atoms. The van der Waals surface area contributed by atoms with Crippen molar-refractivity contribution in [1.29, 1.82) is 0 Å². The second-order valence-corrected chi connectivity index (χ2v) is 6.65. The van der Waals surface area contributed by atoms with Gasteiger partial charge in [-0.05, 0) is 36.2 Å².